The first-order valence-corrected chi connectivity index (χ1v) is 7.92. The molecule has 3 rings (SSSR count). The first-order chi connectivity index (χ1) is 9.33. The van der Waals surface area contributed by atoms with Crippen molar-refractivity contribution in [2.45, 2.75) is 51.5 Å². The summed E-state index contributed by atoms with van der Waals surface area (Å²) in [6.45, 7) is 6.05. The molecule has 0 aliphatic carbocycles. The van der Waals surface area contributed by atoms with E-state index in [0.29, 0.717) is 0 Å². The fourth-order valence-electron chi connectivity index (χ4n) is 3.45. The molecular formula is C17H26N2. The van der Waals surface area contributed by atoms with Crippen LogP contribution < -0.4 is 5.32 Å². The van der Waals surface area contributed by atoms with Crippen LogP contribution in [0.15, 0.2) is 18.2 Å². The average molecular weight is 258 g/mol. The third-order valence-corrected chi connectivity index (χ3v) is 4.74. The number of piperidine rings is 1. The molecule has 104 valence electrons. The van der Waals surface area contributed by atoms with Crippen molar-refractivity contribution in [2.75, 3.05) is 25.0 Å². The van der Waals surface area contributed by atoms with Crippen molar-refractivity contribution in [1.82, 2.24) is 4.90 Å². The molecule has 1 fully saturated rings. The number of aryl methyl sites for hydroxylation is 1. The molecule has 0 bridgehead atoms. The zero-order chi connectivity index (χ0) is 13.1. The van der Waals surface area contributed by atoms with E-state index in [1.54, 1.807) is 0 Å². The molecule has 0 amide bonds. The van der Waals surface area contributed by atoms with Crippen LogP contribution in [0, 0.1) is 0 Å². The van der Waals surface area contributed by atoms with Crippen LogP contribution in [0.5, 0.6) is 0 Å². The van der Waals surface area contributed by atoms with E-state index in [2.05, 4.69) is 35.3 Å². The van der Waals surface area contributed by atoms with E-state index in [1.165, 1.54) is 68.4 Å². The minimum Gasteiger partial charge on any atom is -0.385 e. The molecule has 2 heteroatoms. The summed E-state index contributed by atoms with van der Waals surface area (Å²) >= 11 is 0. The van der Waals surface area contributed by atoms with Crippen LogP contribution in [-0.4, -0.2) is 30.6 Å². The monoisotopic (exact) mass is 258 g/mol. The van der Waals surface area contributed by atoms with Crippen LogP contribution in [-0.2, 0) is 12.8 Å². The van der Waals surface area contributed by atoms with Crippen molar-refractivity contribution >= 4 is 5.69 Å². The Morgan fingerprint density at radius 1 is 1.26 bits per heavy atom. The van der Waals surface area contributed by atoms with Gasteiger partial charge in [0.05, 0.1) is 0 Å². The quantitative estimate of drug-likeness (QED) is 0.893. The maximum atomic E-state index is 3.49. The summed E-state index contributed by atoms with van der Waals surface area (Å²) < 4.78 is 0. The van der Waals surface area contributed by atoms with Gasteiger partial charge < -0.3 is 10.2 Å². The maximum Gasteiger partial charge on any atom is 0.0372 e. The Hall–Kier alpha value is -1.02. The number of nitrogens with one attached hydrogen (secondary N) is 1. The minimum absolute atomic E-state index is 0.785. The Bertz CT molecular complexity index is 427. The molecule has 0 radical (unpaired) electrons. The third-order valence-electron chi connectivity index (χ3n) is 4.74. The van der Waals surface area contributed by atoms with E-state index in [1.807, 2.05) is 0 Å². The second-order valence-corrected chi connectivity index (χ2v) is 6.15. The lowest BCUT2D eigenvalue weighted by atomic mass is 9.98. The maximum absolute atomic E-state index is 3.49. The van der Waals surface area contributed by atoms with Crippen LogP contribution in [0.4, 0.5) is 5.69 Å². The predicted molar refractivity (Wildman–Crippen MR) is 81.8 cm³/mol. The normalized spacial score (nSPS) is 23.7. The fourth-order valence-corrected chi connectivity index (χ4v) is 3.45. The lowest BCUT2D eigenvalue weighted by molar-refractivity contribution is 0.163. The van der Waals surface area contributed by atoms with Gasteiger partial charge in [-0.2, -0.15) is 0 Å². The Morgan fingerprint density at radius 3 is 3.11 bits per heavy atom. The molecule has 0 aromatic heterocycles. The standard InChI is InChI=1S/C17H26N2/c1-14-5-2-3-11-19(14)12-9-15-7-8-17-16(13-15)6-4-10-18-17/h7-8,13-14,18H,2-6,9-12H2,1H3. The molecule has 1 aromatic rings. The zero-order valence-corrected chi connectivity index (χ0v) is 12.1. The highest BCUT2D eigenvalue weighted by Gasteiger charge is 2.17. The molecule has 1 saturated heterocycles. The Morgan fingerprint density at radius 2 is 2.21 bits per heavy atom. The number of nitrogens with zero attached hydrogens (tertiary/aromatic N) is 1. The molecule has 0 saturated carbocycles. The van der Waals surface area contributed by atoms with Gasteiger partial charge >= 0.3 is 0 Å². The number of hydrogen-bond donors (Lipinski definition) is 1. The summed E-state index contributed by atoms with van der Waals surface area (Å²) in [4.78, 5) is 2.67. The van der Waals surface area contributed by atoms with E-state index in [0.717, 1.165) is 12.6 Å². The van der Waals surface area contributed by atoms with Gasteiger partial charge in [-0.25, -0.2) is 0 Å². The van der Waals surface area contributed by atoms with Crippen molar-refractivity contribution in [2.24, 2.45) is 0 Å². The first-order valence-electron chi connectivity index (χ1n) is 7.92. The van der Waals surface area contributed by atoms with Crippen molar-refractivity contribution < 1.29 is 0 Å². The molecular weight excluding hydrogens is 232 g/mol. The Balaban J connectivity index is 1.60. The second kappa shape index (κ2) is 5.96. The summed E-state index contributed by atoms with van der Waals surface area (Å²) in [5, 5.41) is 3.49. The summed E-state index contributed by atoms with van der Waals surface area (Å²) in [7, 11) is 0. The molecule has 2 aliphatic rings. The summed E-state index contributed by atoms with van der Waals surface area (Å²) in [6, 6.07) is 7.80. The van der Waals surface area contributed by atoms with E-state index in [-0.39, 0.29) is 0 Å². The average Bonchev–Trinajstić information content (AvgIpc) is 2.46. The Kier molecular flexibility index (Phi) is 4.07. The van der Waals surface area contributed by atoms with Crippen molar-refractivity contribution in [3.8, 4) is 0 Å². The van der Waals surface area contributed by atoms with Gasteiger partial charge in [0.25, 0.3) is 0 Å². The largest absolute Gasteiger partial charge is 0.385 e. The van der Waals surface area contributed by atoms with Crippen LogP contribution in [0.2, 0.25) is 0 Å². The van der Waals surface area contributed by atoms with Crippen LogP contribution in [0.3, 0.4) is 0 Å². The molecule has 2 aliphatic heterocycles. The molecule has 0 spiro atoms. The molecule has 19 heavy (non-hydrogen) atoms. The highest BCUT2D eigenvalue weighted by atomic mass is 15.1. The molecule has 1 unspecified atom stereocenters. The molecule has 1 aromatic carbocycles. The molecule has 1 atom stereocenters. The van der Waals surface area contributed by atoms with Crippen molar-refractivity contribution in [1.29, 1.82) is 0 Å². The second-order valence-electron chi connectivity index (χ2n) is 6.15. The summed E-state index contributed by atoms with van der Waals surface area (Å²) in [5.41, 5.74) is 4.40. The van der Waals surface area contributed by atoms with Gasteiger partial charge in [-0.3, -0.25) is 0 Å². The topological polar surface area (TPSA) is 15.3 Å². The number of benzene rings is 1. The molecule has 2 heterocycles. The van der Waals surface area contributed by atoms with Crippen molar-refractivity contribution in [3.05, 3.63) is 29.3 Å². The number of likely N-dealkylation sites (tertiary alicyclic amines) is 1. The minimum atomic E-state index is 0.785. The first kappa shape index (κ1) is 13.0. The Labute approximate surface area is 117 Å². The third kappa shape index (κ3) is 3.11. The molecule has 1 N–H and O–H groups in total. The van der Waals surface area contributed by atoms with Crippen molar-refractivity contribution in [3.63, 3.8) is 0 Å². The number of hydrogen-bond acceptors (Lipinski definition) is 2. The lowest BCUT2D eigenvalue weighted by Gasteiger charge is -2.33. The highest BCUT2D eigenvalue weighted by Crippen LogP contribution is 2.23. The van der Waals surface area contributed by atoms with Crippen LogP contribution in [0.1, 0.15) is 43.7 Å². The van der Waals surface area contributed by atoms with Gasteiger partial charge in [0.2, 0.25) is 0 Å². The van der Waals surface area contributed by atoms with Gasteiger partial charge in [-0.1, -0.05) is 18.6 Å². The predicted octanol–water partition coefficient (Wildman–Crippen LogP) is 3.46. The number of anilines is 1. The van der Waals surface area contributed by atoms with E-state index >= 15 is 0 Å². The highest BCUT2D eigenvalue weighted by molar-refractivity contribution is 5.54. The van der Waals surface area contributed by atoms with Crippen LogP contribution in [0.25, 0.3) is 0 Å². The SMILES string of the molecule is CC1CCCCN1CCc1ccc2c(c1)CCCN2. The summed E-state index contributed by atoms with van der Waals surface area (Å²) in [5.74, 6) is 0. The number of fused-ring (bicyclic) bond motifs is 1. The summed E-state index contributed by atoms with van der Waals surface area (Å²) in [6.07, 6.45) is 7.92. The van der Waals surface area contributed by atoms with E-state index in [4.69, 9.17) is 0 Å². The number of rotatable bonds is 3. The zero-order valence-electron chi connectivity index (χ0n) is 12.1. The van der Waals surface area contributed by atoms with Gasteiger partial charge in [0.15, 0.2) is 0 Å². The van der Waals surface area contributed by atoms with Gasteiger partial charge in [-0.05, 0) is 62.8 Å². The van der Waals surface area contributed by atoms with E-state index in [9.17, 15) is 0 Å². The lowest BCUT2D eigenvalue weighted by Crippen LogP contribution is -2.38. The molecule has 2 nitrogen and oxygen atoms in total. The van der Waals surface area contributed by atoms with Gasteiger partial charge in [-0.15, -0.1) is 0 Å². The smallest absolute Gasteiger partial charge is 0.0372 e. The van der Waals surface area contributed by atoms with E-state index < -0.39 is 0 Å². The fraction of sp³-hybridized carbons (Fsp3) is 0.647. The van der Waals surface area contributed by atoms with Gasteiger partial charge in [0.1, 0.15) is 0 Å². The van der Waals surface area contributed by atoms with Gasteiger partial charge in [0, 0.05) is 24.8 Å². The van der Waals surface area contributed by atoms with Crippen LogP contribution >= 0.6 is 0 Å².